The minimum absolute atomic E-state index is 1.28. The molecule has 1 heterocycles. The lowest BCUT2D eigenvalue weighted by atomic mass is 10.4. The Morgan fingerprint density at radius 2 is 0.875 bits per heavy atom. The Balaban J connectivity index is 2.12. The van der Waals surface area contributed by atoms with Crippen LogP contribution in [0.15, 0.2) is 109 Å². The Hall–Kier alpha value is -2.63. The van der Waals surface area contributed by atoms with E-state index in [1.165, 1.54) is 21.3 Å². The fourth-order valence-electron chi connectivity index (χ4n) is 3.35. The Morgan fingerprint density at radius 3 is 1.21 bits per heavy atom. The monoisotopic (exact) mass is 328 g/mol. The summed E-state index contributed by atoms with van der Waals surface area (Å²) in [5, 5.41) is 4.10. The van der Waals surface area contributed by atoms with Gasteiger partial charge in [0.2, 0.25) is 0 Å². The summed E-state index contributed by atoms with van der Waals surface area (Å²) in [6, 6.07) is 37.0. The van der Waals surface area contributed by atoms with Crippen LogP contribution in [-0.4, -0.2) is 4.98 Å². The van der Waals surface area contributed by atoms with Crippen molar-refractivity contribution in [1.82, 2.24) is 4.98 Å². The van der Waals surface area contributed by atoms with E-state index in [0.717, 1.165) is 0 Å². The van der Waals surface area contributed by atoms with Gasteiger partial charge in [0.1, 0.15) is 15.9 Å². The minimum Gasteiger partial charge on any atom is -0.332 e. The molecule has 0 fully saturated rings. The highest BCUT2D eigenvalue weighted by Crippen LogP contribution is 2.53. The van der Waals surface area contributed by atoms with Gasteiger partial charge in [0.15, 0.2) is 12.7 Å². The molecule has 0 amide bonds. The molecule has 116 valence electrons. The number of H-pyrrole nitrogens is 1. The number of aromatic nitrogens is 1. The zero-order valence-electron chi connectivity index (χ0n) is 13.3. The second-order valence-corrected chi connectivity index (χ2v) is 9.11. The van der Waals surface area contributed by atoms with Crippen LogP contribution < -0.4 is 21.3 Å². The summed E-state index contributed by atoms with van der Waals surface area (Å²) in [4.78, 5) is 3.52. The third-order valence-electron chi connectivity index (χ3n) is 4.37. The minimum atomic E-state index is -1.91. The van der Waals surface area contributed by atoms with Crippen molar-refractivity contribution in [2.24, 2.45) is 0 Å². The second kappa shape index (κ2) is 6.47. The van der Waals surface area contributed by atoms with Crippen molar-refractivity contribution in [2.45, 2.75) is 0 Å². The van der Waals surface area contributed by atoms with Gasteiger partial charge in [-0.1, -0.05) is 54.6 Å². The molecule has 24 heavy (non-hydrogen) atoms. The van der Waals surface area contributed by atoms with E-state index in [9.17, 15) is 0 Å². The molecule has 4 rings (SSSR count). The largest absolute Gasteiger partial charge is 0.332 e. The van der Waals surface area contributed by atoms with Crippen LogP contribution in [0, 0.1) is 0 Å². The maximum Gasteiger partial charge on any atom is 0.176 e. The molecule has 4 aromatic rings. The van der Waals surface area contributed by atoms with Crippen molar-refractivity contribution in [2.75, 3.05) is 0 Å². The van der Waals surface area contributed by atoms with Crippen LogP contribution in [0.4, 0.5) is 0 Å². The molecule has 1 aromatic heterocycles. The van der Waals surface area contributed by atoms with Gasteiger partial charge in [0.05, 0.1) is 0 Å². The highest BCUT2D eigenvalue weighted by molar-refractivity contribution is 8.01. The van der Waals surface area contributed by atoms with E-state index in [4.69, 9.17) is 0 Å². The highest BCUT2D eigenvalue weighted by Gasteiger charge is 2.48. The average Bonchev–Trinajstić information content (AvgIpc) is 3.20. The number of hydrogen-bond donors (Lipinski definition) is 1. The Morgan fingerprint density at radius 1 is 0.458 bits per heavy atom. The van der Waals surface area contributed by atoms with Crippen molar-refractivity contribution >= 4 is 28.6 Å². The molecule has 0 aliphatic rings. The molecule has 0 atom stereocenters. The summed E-state index contributed by atoms with van der Waals surface area (Å²) < 4.78 is 0. The lowest BCUT2D eigenvalue weighted by Crippen LogP contribution is -2.39. The Kier molecular flexibility index (Phi) is 4.02. The summed E-state index contributed by atoms with van der Waals surface area (Å²) >= 11 is 0. The normalized spacial score (nSPS) is 11.3. The number of nitrogens with one attached hydrogen (secondary N) is 1. The van der Waals surface area contributed by atoms with Crippen LogP contribution in [0.25, 0.3) is 0 Å². The van der Waals surface area contributed by atoms with Crippen molar-refractivity contribution in [3.8, 4) is 0 Å². The molecule has 0 aliphatic heterocycles. The fourth-order valence-corrected chi connectivity index (χ4v) is 7.51. The van der Waals surface area contributed by atoms with Gasteiger partial charge in [-0.05, 0) is 42.5 Å². The van der Waals surface area contributed by atoms with Crippen molar-refractivity contribution < 1.29 is 0 Å². The van der Waals surface area contributed by atoms with Crippen molar-refractivity contribution in [3.63, 3.8) is 0 Å². The van der Waals surface area contributed by atoms with Gasteiger partial charge in [-0.25, -0.2) is 0 Å². The molecule has 0 aliphatic carbocycles. The van der Waals surface area contributed by atoms with Gasteiger partial charge in [0, 0.05) is 12.3 Å². The quantitative estimate of drug-likeness (QED) is 0.551. The lowest BCUT2D eigenvalue weighted by molar-refractivity contribution is 1.47. The highest BCUT2D eigenvalue weighted by atomic mass is 31.2. The van der Waals surface area contributed by atoms with Gasteiger partial charge in [0.25, 0.3) is 0 Å². The third kappa shape index (κ3) is 2.38. The summed E-state index contributed by atoms with van der Waals surface area (Å²) in [6.07, 6.45) is 2.03. The number of benzene rings is 3. The molecule has 3 aromatic carbocycles. The molecule has 0 spiro atoms. The molecule has 0 saturated heterocycles. The standard InChI is InChI=1S/C22H19NP/c1-4-11-19(12-5-1)24(22-17-10-18-23-22,20-13-6-2-7-14-20)21-15-8-3-9-16-21/h1-18,23H/q+1. The predicted octanol–water partition coefficient (Wildman–Crippen LogP) is 3.63. The predicted molar refractivity (Wildman–Crippen MR) is 106 cm³/mol. The summed E-state index contributed by atoms with van der Waals surface area (Å²) in [7, 11) is -1.91. The lowest BCUT2D eigenvalue weighted by Gasteiger charge is -2.26. The summed E-state index contributed by atoms with van der Waals surface area (Å²) in [5.41, 5.74) is 1.28. The number of hydrogen-bond acceptors (Lipinski definition) is 0. The SMILES string of the molecule is c1ccc([P+](c2ccccc2)(c2ccccc2)c2ccc[nH]2)cc1. The topological polar surface area (TPSA) is 15.8 Å². The zero-order valence-corrected chi connectivity index (χ0v) is 14.2. The maximum atomic E-state index is 3.52. The molecular weight excluding hydrogens is 309 g/mol. The van der Waals surface area contributed by atoms with Crippen molar-refractivity contribution in [3.05, 3.63) is 109 Å². The molecule has 0 radical (unpaired) electrons. The van der Waals surface area contributed by atoms with Crippen LogP contribution >= 0.6 is 7.26 Å². The van der Waals surface area contributed by atoms with Crippen LogP contribution in [0.3, 0.4) is 0 Å². The van der Waals surface area contributed by atoms with Crippen LogP contribution in [-0.2, 0) is 0 Å². The number of aromatic amines is 1. The van der Waals surface area contributed by atoms with E-state index in [2.05, 4.69) is 108 Å². The Bertz CT molecular complexity index is 788. The molecule has 1 N–H and O–H groups in total. The van der Waals surface area contributed by atoms with E-state index in [1.54, 1.807) is 0 Å². The first-order chi connectivity index (χ1) is 11.9. The second-order valence-electron chi connectivity index (χ2n) is 5.73. The molecule has 0 unspecified atom stereocenters. The zero-order chi connectivity index (χ0) is 16.2. The van der Waals surface area contributed by atoms with Gasteiger partial charge in [-0.15, -0.1) is 0 Å². The summed E-state index contributed by atoms with van der Waals surface area (Å²) in [6.45, 7) is 0. The molecule has 0 saturated carbocycles. The van der Waals surface area contributed by atoms with E-state index >= 15 is 0 Å². The van der Waals surface area contributed by atoms with Gasteiger partial charge >= 0.3 is 0 Å². The van der Waals surface area contributed by atoms with Gasteiger partial charge in [-0.2, -0.15) is 0 Å². The van der Waals surface area contributed by atoms with Crippen LogP contribution in [0.2, 0.25) is 0 Å². The summed E-state index contributed by atoms with van der Waals surface area (Å²) in [5.74, 6) is 0. The molecular formula is C22H19NP+. The van der Waals surface area contributed by atoms with E-state index in [-0.39, 0.29) is 0 Å². The smallest absolute Gasteiger partial charge is 0.176 e. The molecule has 0 bridgehead atoms. The van der Waals surface area contributed by atoms with E-state index in [1.807, 2.05) is 6.20 Å². The van der Waals surface area contributed by atoms with E-state index < -0.39 is 7.26 Å². The van der Waals surface area contributed by atoms with Crippen molar-refractivity contribution in [1.29, 1.82) is 0 Å². The average molecular weight is 328 g/mol. The fraction of sp³-hybridized carbons (Fsp3) is 0. The van der Waals surface area contributed by atoms with E-state index in [0.29, 0.717) is 0 Å². The van der Waals surface area contributed by atoms with Gasteiger partial charge in [-0.3, -0.25) is 0 Å². The number of rotatable bonds is 4. The van der Waals surface area contributed by atoms with Gasteiger partial charge < -0.3 is 4.98 Å². The van der Waals surface area contributed by atoms with Crippen LogP contribution in [0.1, 0.15) is 0 Å². The Labute approximate surface area is 143 Å². The third-order valence-corrected chi connectivity index (χ3v) is 8.59. The maximum absolute atomic E-state index is 3.52. The first-order valence-electron chi connectivity index (χ1n) is 8.12. The molecule has 2 heteroatoms. The molecule has 1 nitrogen and oxygen atoms in total. The first-order valence-corrected chi connectivity index (χ1v) is 9.91. The van der Waals surface area contributed by atoms with Crippen LogP contribution in [0.5, 0.6) is 0 Å². The first kappa shape index (κ1) is 14.9.